The molecule has 1 saturated heterocycles. The number of fused-ring (bicyclic) bond motifs is 1. The third-order valence-electron chi connectivity index (χ3n) is 4.44. The zero-order chi connectivity index (χ0) is 14.8. The fourth-order valence-electron chi connectivity index (χ4n) is 3.15. The molecule has 1 aromatic rings. The molecule has 22 heavy (non-hydrogen) atoms. The van der Waals surface area contributed by atoms with Crippen molar-refractivity contribution >= 4 is 24.0 Å². The van der Waals surface area contributed by atoms with Crippen LogP contribution in [0.15, 0.2) is 12.1 Å². The van der Waals surface area contributed by atoms with Gasteiger partial charge in [-0.2, -0.15) is 0 Å². The zero-order valence-corrected chi connectivity index (χ0v) is 14.5. The fourth-order valence-corrected chi connectivity index (χ4v) is 3.44. The molecule has 1 fully saturated rings. The Balaban J connectivity index is 0.00000176. The van der Waals surface area contributed by atoms with Gasteiger partial charge >= 0.3 is 0 Å². The molecule has 2 aliphatic heterocycles. The number of rotatable bonds is 3. The van der Waals surface area contributed by atoms with Crippen LogP contribution in [-0.4, -0.2) is 37.2 Å². The second-order valence-corrected chi connectivity index (χ2v) is 6.48. The van der Waals surface area contributed by atoms with E-state index in [0.29, 0.717) is 35.9 Å². The van der Waals surface area contributed by atoms with E-state index in [-0.39, 0.29) is 12.4 Å². The molecule has 1 atom stereocenters. The molecule has 2 heterocycles. The van der Waals surface area contributed by atoms with Gasteiger partial charge in [0.15, 0.2) is 11.5 Å². The average molecular weight is 347 g/mol. The Bertz CT molecular complexity index is 503. The van der Waals surface area contributed by atoms with Gasteiger partial charge in [-0.25, -0.2) is 0 Å². The first kappa shape index (κ1) is 17.7. The Morgan fingerprint density at radius 3 is 2.64 bits per heavy atom. The molecule has 0 radical (unpaired) electrons. The van der Waals surface area contributed by atoms with Gasteiger partial charge in [-0.05, 0) is 56.5 Å². The molecule has 4 nitrogen and oxygen atoms in total. The molecule has 124 valence electrons. The van der Waals surface area contributed by atoms with Gasteiger partial charge in [-0.1, -0.05) is 11.6 Å². The van der Waals surface area contributed by atoms with Gasteiger partial charge in [0.2, 0.25) is 0 Å². The van der Waals surface area contributed by atoms with Crippen LogP contribution in [0.5, 0.6) is 11.5 Å². The highest BCUT2D eigenvalue weighted by Crippen LogP contribution is 2.38. The van der Waals surface area contributed by atoms with E-state index in [1.165, 1.54) is 18.4 Å². The molecule has 0 amide bonds. The Labute approximate surface area is 143 Å². The molecule has 6 heteroatoms. The molecule has 0 bridgehead atoms. The molecular formula is C16H24Cl2N2O2. The fraction of sp³-hybridized carbons (Fsp3) is 0.625. The van der Waals surface area contributed by atoms with E-state index >= 15 is 0 Å². The van der Waals surface area contributed by atoms with E-state index in [0.717, 1.165) is 25.4 Å². The van der Waals surface area contributed by atoms with Crippen molar-refractivity contribution in [1.82, 2.24) is 4.90 Å². The minimum absolute atomic E-state index is 0. The number of nitrogens with two attached hydrogens (primary N) is 1. The maximum absolute atomic E-state index is 6.29. The van der Waals surface area contributed by atoms with Crippen LogP contribution in [0.1, 0.15) is 25.3 Å². The van der Waals surface area contributed by atoms with Crippen molar-refractivity contribution in [3.05, 3.63) is 22.7 Å². The van der Waals surface area contributed by atoms with Gasteiger partial charge < -0.3 is 15.2 Å². The number of nitrogens with zero attached hydrogens (tertiary/aromatic N) is 1. The Morgan fingerprint density at radius 2 is 1.95 bits per heavy atom. The smallest absolute Gasteiger partial charge is 0.179 e. The van der Waals surface area contributed by atoms with Gasteiger partial charge in [0, 0.05) is 12.6 Å². The Morgan fingerprint density at radius 1 is 1.27 bits per heavy atom. The van der Waals surface area contributed by atoms with Crippen LogP contribution in [0.25, 0.3) is 0 Å². The molecule has 1 aromatic carbocycles. The number of hydrogen-bond donors (Lipinski definition) is 1. The van der Waals surface area contributed by atoms with Crippen molar-refractivity contribution < 1.29 is 9.47 Å². The second kappa shape index (κ2) is 7.73. The summed E-state index contributed by atoms with van der Waals surface area (Å²) in [6, 6.07) is 4.35. The predicted molar refractivity (Wildman–Crippen MR) is 91.3 cm³/mol. The molecule has 1 unspecified atom stereocenters. The van der Waals surface area contributed by atoms with Crippen molar-refractivity contribution in [2.24, 2.45) is 11.7 Å². The minimum Gasteiger partial charge on any atom is -0.486 e. The number of halogens is 2. The summed E-state index contributed by atoms with van der Waals surface area (Å²) >= 11 is 6.29. The minimum atomic E-state index is 0. The van der Waals surface area contributed by atoms with Crippen molar-refractivity contribution in [2.75, 3.05) is 26.3 Å². The lowest BCUT2D eigenvalue weighted by molar-refractivity contribution is 0.162. The van der Waals surface area contributed by atoms with Crippen LogP contribution in [0, 0.1) is 5.92 Å². The normalized spacial score (nSPS) is 20.3. The van der Waals surface area contributed by atoms with E-state index in [1.54, 1.807) is 0 Å². The summed E-state index contributed by atoms with van der Waals surface area (Å²) in [7, 11) is 0. The second-order valence-electron chi connectivity index (χ2n) is 6.07. The molecule has 2 aliphatic rings. The van der Waals surface area contributed by atoms with Gasteiger partial charge in [0.25, 0.3) is 0 Å². The molecule has 2 N–H and O–H groups in total. The summed E-state index contributed by atoms with van der Waals surface area (Å²) in [6.45, 7) is 6.36. The monoisotopic (exact) mass is 346 g/mol. The molecular weight excluding hydrogens is 323 g/mol. The topological polar surface area (TPSA) is 47.7 Å². The highest BCUT2D eigenvalue weighted by Gasteiger charge is 2.23. The Kier molecular flexibility index (Phi) is 6.21. The quantitative estimate of drug-likeness (QED) is 0.913. The lowest BCUT2D eigenvalue weighted by Crippen LogP contribution is -2.39. The third-order valence-corrected chi connectivity index (χ3v) is 4.72. The van der Waals surface area contributed by atoms with Crippen LogP contribution in [-0.2, 0) is 6.54 Å². The summed E-state index contributed by atoms with van der Waals surface area (Å²) in [6.07, 6.45) is 2.35. The standard InChI is InChI=1S/C16H23ClN2O2.ClH/c1-11(18)13-2-4-19(5-3-13)10-12-8-14(17)16-15(9-12)20-6-7-21-16;/h8-9,11,13H,2-7,10,18H2,1H3;1H. The van der Waals surface area contributed by atoms with E-state index in [2.05, 4.69) is 17.9 Å². The maximum atomic E-state index is 6.29. The molecule has 3 rings (SSSR count). The van der Waals surface area contributed by atoms with Gasteiger partial charge in [-0.3, -0.25) is 4.90 Å². The molecule has 0 aromatic heterocycles. The molecule has 0 spiro atoms. The lowest BCUT2D eigenvalue weighted by atomic mass is 9.91. The largest absolute Gasteiger partial charge is 0.486 e. The third kappa shape index (κ3) is 3.99. The Hall–Kier alpha value is -0.680. The average Bonchev–Trinajstić information content (AvgIpc) is 2.48. The molecule has 0 saturated carbocycles. The summed E-state index contributed by atoms with van der Waals surface area (Å²) in [4.78, 5) is 2.46. The van der Waals surface area contributed by atoms with Crippen LogP contribution in [0.2, 0.25) is 5.02 Å². The zero-order valence-electron chi connectivity index (χ0n) is 12.9. The lowest BCUT2D eigenvalue weighted by Gasteiger charge is -2.33. The number of likely N-dealkylation sites (tertiary alicyclic amines) is 1. The van der Waals surface area contributed by atoms with Gasteiger partial charge in [0.05, 0.1) is 5.02 Å². The first-order chi connectivity index (χ1) is 10.1. The van der Waals surface area contributed by atoms with Crippen molar-refractivity contribution in [1.29, 1.82) is 0 Å². The summed E-state index contributed by atoms with van der Waals surface area (Å²) in [5.41, 5.74) is 7.18. The predicted octanol–water partition coefficient (Wildman–Crippen LogP) is 3.09. The van der Waals surface area contributed by atoms with Crippen LogP contribution >= 0.6 is 24.0 Å². The number of piperidine rings is 1. The van der Waals surface area contributed by atoms with E-state index < -0.39 is 0 Å². The van der Waals surface area contributed by atoms with Crippen molar-refractivity contribution in [3.63, 3.8) is 0 Å². The SMILES string of the molecule is CC(N)C1CCN(Cc2cc(Cl)c3c(c2)OCCO3)CC1.Cl. The van der Waals surface area contributed by atoms with Crippen LogP contribution < -0.4 is 15.2 Å². The molecule has 0 aliphatic carbocycles. The number of ether oxygens (including phenoxy) is 2. The summed E-state index contributed by atoms with van der Waals surface area (Å²) < 4.78 is 11.2. The van der Waals surface area contributed by atoms with Gasteiger partial charge in [-0.15, -0.1) is 12.4 Å². The van der Waals surface area contributed by atoms with E-state index in [1.807, 2.05) is 6.07 Å². The first-order valence-electron chi connectivity index (χ1n) is 7.69. The first-order valence-corrected chi connectivity index (χ1v) is 8.07. The number of hydrogen-bond acceptors (Lipinski definition) is 4. The van der Waals surface area contributed by atoms with Crippen LogP contribution in [0.3, 0.4) is 0 Å². The summed E-state index contributed by atoms with van der Waals surface area (Å²) in [5.74, 6) is 2.11. The highest BCUT2D eigenvalue weighted by molar-refractivity contribution is 6.32. The van der Waals surface area contributed by atoms with E-state index in [4.69, 9.17) is 26.8 Å². The summed E-state index contributed by atoms with van der Waals surface area (Å²) in [5, 5.41) is 0.646. The highest BCUT2D eigenvalue weighted by atomic mass is 35.5. The van der Waals surface area contributed by atoms with E-state index in [9.17, 15) is 0 Å². The van der Waals surface area contributed by atoms with Crippen molar-refractivity contribution in [2.45, 2.75) is 32.4 Å². The van der Waals surface area contributed by atoms with Gasteiger partial charge in [0.1, 0.15) is 13.2 Å². The number of benzene rings is 1. The maximum Gasteiger partial charge on any atom is 0.179 e. The van der Waals surface area contributed by atoms with Crippen LogP contribution in [0.4, 0.5) is 0 Å². The van der Waals surface area contributed by atoms with Crippen molar-refractivity contribution in [3.8, 4) is 11.5 Å².